The first kappa shape index (κ1) is 12.1. The summed E-state index contributed by atoms with van der Waals surface area (Å²) in [4.78, 5) is 0. The number of rotatable bonds is 6. The Morgan fingerprint density at radius 1 is 1.33 bits per heavy atom. The van der Waals surface area contributed by atoms with Gasteiger partial charge in [0.1, 0.15) is 5.75 Å². The van der Waals surface area contributed by atoms with Gasteiger partial charge in [-0.1, -0.05) is 25.1 Å². The van der Waals surface area contributed by atoms with E-state index in [1.165, 1.54) is 5.56 Å². The number of para-hydroxylation sites is 1. The molecule has 2 heteroatoms. The Labute approximate surface area is 92.6 Å². The van der Waals surface area contributed by atoms with Crippen LogP contribution in [0.15, 0.2) is 24.3 Å². The number of ether oxygens (including phenoxy) is 1. The highest BCUT2D eigenvalue weighted by Crippen LogP contribution is 2.30. The van der Waals surface area contributed by atoms with E-state index >= 15 is 0 Å². The number of nitrogens with one attached hydrogen (secondary N) is 1. The summed E-state index contributed by atoms with van der Waals surface area (Å²) in [6, 6.07) is 8.31. The van der Waals surface area contributed by atoms with Crippen LogP contribution in [0.2, 0.25) is 0 Å². The minimum Gasteiger partial charge on any atom is -0.496 e. The molecule has 1 unspecified atom stereocenters. The Bertz CT molecular complexity index is 286. The van der Waals surface area contributed by atoms with E-state index in [1.54, 1.807) is 7.11 Å². The van der Waals surface area contributed by atoms with Crippen LogP contribution in [0.4, 0.5) is 0 Å². The predicted octanol–water partition coefficient (Wildman–Crippen LogP) is 2.80. The first-order valence-electron chi connectivity index (χ1n) is 5.61. The first-order chi connectivity index (χ1) is 7.33. The van der Waals surface area contributed by atoms with E-state index in [-0.39, 0.29) is 0 Å². The molecule has 0 aliphatic heterocycles. The van der Waals surface area contributed by atoms with Gasteiger partial charge in [-0.25, -0.2) is 0 Å². The van der Waals surface area contributed by atoms with Gasteiger partial charge in [-0.05, 0) is 44.0 Å². The van der Waals surface area contributed by atoms with Gasteiger partial charge in [0.25, 0.3) is 0 Å². The zero-order valence-electron chi connectivity index (χ0n) is 9.92. The molecule has 0 aliphatic carbocycles. The van der Waals surface area contributed by atoms with Crippen LogP contribution in [0.25, 0.3) is 0 Å². The molecule has 0 saturated heterocycles. The van der Waals surface area contributed by atoms with E-state index < -0.39 is 0 Å². The maximum Gasteiger partial charge on any atom is 0.122 e. The second-order valence-corrected chi connectivity index (χ2v) is 3.74. The highest BCUT2D eigenvalue weighted by Gasteiger charge is 2.12. The van der Waals surface area contributed by atoms with Gasteiger partial charge in [0.05, 0.1) is 7.11 Å². The molecule has 0 spiro atoms. The Hall–Kier alpha value is -1.02. The fourth-order valence-corrected chi connectivity index (χ4v) is 1.90. The summed E-state index contributed by atoms with van der Waals surface area (Å²) in [5.74, 6) is 1.61. The van der Waals surface area contributed by atoms with Crippen molar-refractivity contribution >= 4 is 0 Å². The number of methoxy groups -OCH3 is 1. The molecule has 15 heavy (non-hydrogen) atoms. The Morgan fingerprint density at radius 3 is 2.67 bits per heavy atom. The van der Waals surface area contributed by atoms with E-state index in [2.05, 4.69) is 24.4 Å². The van der Waals surface area contributed by atoms with Crippen LogP contribution >= 0.6 is 0 Å². The van der Waals surface area contributed by atoms with Crippen molar-refractivity contribution in [2.24, 2.45) is 0 Å². The van der Waals surface area contributed by atoms with Crippen molar-refractivity contribution in [3.05, 3.63) is 29.8 Å². The van der Waals surface area contributed by atoms with Crippen LogP contribution in [-0.4, -0.2) is 20.7 Å². The molecule has 0 saturated carbocycles. The van der Waals surface area contributed by atoms with Gasteiger partial charge >= 0.3 is 0 Å². The summed E-state index contributed by atoms with van der Waals surface area (Å²) < 4.78 is 5.39. The van der Waals surface area contributed by atoms with Crippen molar-refractivity contribution in [1.29, 1.82) is 0 Å². The van der Waals surface area contributed by atoms with Crippen molar-refractivity contribution in [2.75, 3.05) is 20.7 Å². The number of hydrogen-bond acceptors (Lipinski definition) is 2. The second-order valence-electron chi connectivity index (χ2n) is 3.74. The average molecular weight is 207 g/mol. The maximum atomic E-state index is 5.39. The second kappa shape index (κ2) is 6.46. The maximum absolute atomic E-state index is 5.39. The normalized spacial score (nSPS) is 12.5. The van der Waals surface area contributed by atoms with Crippen molar-refractivity contribution in [2.45, 2.75) is 25.7 Å². The molecule has 1 atom stereocenters. The molecule has 0 radical (unpaired) electrons. The summed E-state index contributed by atoms with van der Waals surface area (Å²) in [5, 5.41) is 3.20. The SMILES string of the molecule is CCC(CCNC)c1ccccc1OC. The summed E-state index contributed by atoms with van der Waals surface area (Å²) in [6.07, 6.45) is 2.31. The van der Waals surface area contributed by atoms with Crippen molar-refractivity contribution in [1.82, 2.24) is 5.32 Å². The third-order valence-corrected chi connectivity index (χ3v) is 2.81. The van der Waals surface area contributed by atoms with Crippen LogP contribution in [0.5, 0.6) is 5.75 Å². The van der Waals surface area contributed by atoms with Crippen molar-refractivity contribution < 1.29 is 4.74 Å². The lowest BCUT2D eigenvalue weighted by molar-refractivity contribution is 0.402. The standard InChI is InChI=1S/C13H21NO/c1-4-11(9-10-14-2)12-7-5-6-8-13(12)15-3/h5-8,11,14H,4,9-10H2,1-3H3. The van der Waals surface area contributed by atoms with Gasteiger partial charge in [-0.3, -0.25) is 0 Å². The van der Waals surface area contributed by atoms with Crippen LogP contribution in [0.1, 0.15) is 31.2 Å². The predicted molar refractivity (Wildman–Crippen MR) is 64.6 cm³/mol. The summed E-state index contributed by atoms with van der Waals surface area (Å²) >= 11 is 0. The van der Waals surface area contributed by atoms with Gasteiger partial charge < -0.3 is 10.1 Å². The van der Waals surface area contributed by atoms with Crippen molar-refractivity contribution in [3.8, 4) is 5.75 Å². The lowest BCUT2D eigenvalue weighted by Crippen LogP contribution is -2.12. The highest BCUT2D eigenvalue weighted by molar-refractivity contribution is 5.36. The fourth-order valence-electron chi connectivity index (χ4n) is 1.90. The monoisotopic (exact) mass is 207 g/mol. The molecule has 0 bridgehead atoms. The third-order valence-electron chi connectivity index (χ3n) is 2.81. The molecule has 84 valence electrons. The van der Waals surface area contributed by atoms with E-state index in [9.17, 15) is 0 Å². The van der Waals surface area contributed by atoms with E-state index in [0.717, 1.165) is 25.1 Å². The molecule has 0 aromatic heterocycles. The summed E-state index contributed by atoms with van der Waals surface area (Å²) in [6.45, 7) is 3.28. The van der Waals surface area contributed by atoms with Gasteiger partial charge in [0.15, 0.2) is 0 Å². The average Bonchev–Trinajstić information content (AvgIpc) is 2.30. The smallest absolute Gasteiger partial charge is 0.122 e. The lowest BCUT2D eigenvalue weighted by atomic mass is 9.92. The highest BCUT2D eigenvalue weighted by atomic mass is 16.5. The van der Waals surface area contributed by atoms with E-state index in [0.29, 0.717) is 5.92 Å². The van der Waals surface area contributed by atoms with Gasteiger partial charge in [0, 0.05) is 0 Å². The Kier molecular flexibility index (Phi) is 5.19. The van der Waals surface area contributed by atoms with Crippen LogP contribution in [0.3, 0.4) is 0 Å². The molecule has 1 aromatic carbocycles. The molecule has 0 fully saturated rings. The molecular weight excluding hydrogens is 186 g/mol. The first-order valence-corrected chi connectivity index (χ1v) is 5.61. The molecule has 1 aromatic rings. The fraction of sp³-hybridized carbons (Fsp3) is 0.538. The summed E-state index contributed by atoms with van der Waals surface area (Å²) in [7, 11) is 3.73. The van der Waals surface area contributed by atoms with Crippen LogP contribution in [0, 0.1) is 0 Å². The Morgan fingerprint density at radius 2 is 2.07 bits per heavy atom. The quantitative estimate of drug-likeness (QED) is 0.774. The minimum absolute atomic E-state index is 0.591. The summed E-state index contributed by atoms with van der Waals surface area (Å²) in [5.41, 5.74) is 1.33. The molecule has 2 nitrogen and oxygen atoms in total. The number of benzene rings is 1. The minimum atomic E-state index is 0.591. The van der Waals surface area contributed by atoms with Crippen molar-refractivity contribution in [3.63, 3.8) is 0 Å². The molecular formula is C13H21NO. The Balaban J connectivity index is 2.80. The molecule has 1 N–H and O–H groups in total. The molecule has 0 heterocycles. The lowest BCUT2D eigenvalue weighted by Gasteiger charge is -2.18. The van der Waals surface area contributed by atoms with Crippen LogP contribution < -0.4 is 10.1 Å². The van der Waals surface area contributed by atoms with E-state index in [4.69, 9.17) is 4.74 Å². The number of hydrogen-bond donors (Lipinski definition) is 1. The largest absolute Gasteiger partial charge is 0.496 e. The molecule has 0 aliphatic rings. The molecule has 1 rings (SSSR count). The van der Waals surface area contributed by atoms with E-state index in [1.807, 2.05) is 19.2 Å². The van der Waals surface area contributed by atoms with Crippen LogP contribution in [-0.2, 0) is 0 Å². The third kappa shape index (κ3) is 3.24. The zero-order valence-corrected chi connectivity index (χ0v) is 9.92. The topological polar surface area (TPSA) is 21.3 Å². The van der Waals surface area contributed by atoms with Gasteiger partial charge in [0.2, 0.25) is 0 Å². The van der Waals surface area contributed by atoms with Gasteiger partial charge in [-0.2, -0.15) is 0 Å². The molecule has 0 amide bonds. The zero-order chi connectivity index (χ0) is 11.1. The van der Waals surface area contributed by atoms with Gasteiger partial charge in [-0.15, -0.1) is 0 Å².